The van der Waals surface area contributed by atoms with Crippen LogP contribution < -0.4 is 9.64 Å². The molecule has 6 nitrogen and oxygen atoms in total. The second-order valence-electron chi connectivity index (χ2n) is 7.77. The predicted molar refractivity (Wildman–Crippen MR) is 114 cm³/mol. The smallest absolute Gasteiger partial charge is 0.310 e. The van der Waals surface area contributed by atoms with Crippen molar-refractivity contribution in [1.29, 1.82) is 0 Å². The van der Waals surface area contributed by atoms with Crippen molar-refractivity contribution in [3.8, 4) is 5.75 Å². The van der Waals surface area contributed by atoms with Gasteiger partial charge in [0.2, 0.25) is 5.91 Å². The summed E-state index contributed by atoms with van der Waals surface area (Å²) in [7, 11) is 0. The number of aryl methyl sites for hydroxylation is 1. The molecule has 0 saturated carbocycles. The number of benzene rings is 2. The number of rotatable bonds is 4. The van der Waals surface area contributed by atoms with Gasteiger partial charge in [0, 0.05) is 43.2 Å². The SMILES string of the molecule is CCC(=O)Oc1ccc(C(=O)N2CCC(N3C(=O)CCc4ccccc43)CC2)cc1. The van der Waals surface area contributed by atoms with Crippen LogP contribution in [-0.4, -0.2) is 41.8 Å². The fourth-order valence-electron chi connectivity index (χ4n) is 4.23. The Kier molecular flexibility index (Phi) is 5.84. The maximum atomic E-state index is 12.9. The van der Waals surface area contributed by atoms with Gasteiger partial charge in [-0.1, -0.05) is 25.1 Å². The van der Waals surface area contributed by atoms with Crippen LogP contribution in [0.3, 0.4) is 0 Å². The molecule has 2 aromatic rings. The number of amides is 2. The van der Waals surface area contributed by atoms with Crippen LogP contribution in [-0.2, 0) is 16.0 Å². The van der Waals surface area contributed by atoms with Gasteiger partial charge in [-0.25, -0.2) is 0 Å². The van der Waals surface area contributed by atoms with E-state index in [4.69, 9.17) is 4.74 Å². The third-order valence-corrected chi connectivity index (χ3v) is 5.87. The Balaban J connectivity index is 1.39. The number of hydrogen-bond donors (Lipinski definition) is 0. The number of piperidine rings is 1. The van der Waals surface area contributed by atoms with Gasteiger partial charge in [0.1, 0.15) is 5.75 Å². The van der Waals surface area contributed by atoms with E-state index in [2.05, 4.69) is 6.07 Å². The predicted octanol–water partition coefficient (Wildman–Crippen LogP) is 3.59. The number of esters is 1. The van der Waals surface area contributed by atoms with Gasteiger partial charge in [0.25, 0.3) is 5.91 Å². The van der Waals surface area contributed by atoms with Gasteiger partial charge in [-0.05, 0) is 55.2 Å². The number of nitrogens with zero attached hydrogens (tertiary/aromatic N) is 2. The summed E-state index contributed by atoms with van der Waals surface area (Å²) in [6.07, 6.45) is 3.17. The molecule has 0 unspecified atom stereocenters. The number of hydrogen-bond acceptors (Lipinski definition) is 4. The molecule has 156 valence electrons. The first-order chi connectivity index (χ1) is 14.6. The summed E-state index contributed by atoms with van der Waals surface area (Å²) < 4.78 is 5.16. The normalized spacial score (nSPS) is 16.9. The van der Waals surface area contributed by atoms with Gasteiger partial charge in [0.15, 0.2) is 0 Å². The van der Waals surface area contributed by atoms with Crippen LogP contribution in [0.15, 0.2) is 48.5 Å². The van der Waals surface area contributed by atoms with Crippen LogP contribution in [0.25, 0.3) is 0 Å². The van der Waals surface area contributed by atoms with Gasteiger partial charge in [-0.2, -0.15) is 0 Å². The highest BCUT2D eigenvalue weighted by Gasteiger charge is 2.33. The molecule has 1 fully saturated rings. The first kappa shape index (κ1) is 20.1. The highest BCUT2D eigenvalue weighted by molar-refractivity contribution is 5.97. The van der Waals surface area contributed by atoms with E-state index in [1.807, 2.05) is 28.0 Å². The van der Waals surface area contributed by atoms with Gasteiger partial charge < -0.3 is 14.5 Å². The molecule has 2 aliphatic rings. The second kappa shape index (κ2) is 8.69. The van der Waals surface area contributed by atoms with E-state index >= 15 is 0 Å². The maximum absolute atomic E-state index is 12.9. The van der Waals surface area contributed by atoms with Crippen molar-refractivity contribution < 1.29 is 19.1 Å². The number of likely N-dealkylation sites (tertiary alicyclic amines) is 1. The van der Waals surface area contributed by atoms with Crippen LogP contribution in [0.5, 0.6) is 5.75 Å². The molecule has 2 aromatic carbocycles. The Labute approximate surface area is 176 Å². The van der Waals surface area contributed by atoms with Gasteiger partial charge in [0.05, 0.1) is 0 Å². The van der Waals surface area contributed by atoms with Crippen molar-refractivity contribution in [3.63, 3.8) is 0 Å². The van der Waals surface area contributed by atoms with Crippen molar-refractivity contribution in [1.82, 2.24) is 4.90 Å². The molecule has 0 spiro atoms. The Morgan fingerprint density at radius 2 is 1.70 bits per heavy atom. The average Bonchev–Trinajstić information content (AvgIpc) is 2.79. The number of para-hydroxylation sites is 1. The topological polar surface area (TPSA) is 66.9 Å². The minimum absolute atomic E-state index is 0.0350. The third kappa shape index (κ3) is 4.08. The summed E-state index contributed by atoms with van der Waals surface area (Å²) >= 11 is 0. The number of ether oxygens (including phenoxy) is 1. The highest BCUT2D eigenvalue weighted by Crippen LogP contribution is 2.32. The first-order valence-corrected chi connectivity index (χ1v) is 10.6. The summed E-state index contributed by atoms with van der Waals surface area (Å²) in [5.41, 5.74) is 2.82. The molecule has 0 aliphatic carbocycles. The van der Waals surface area contributed by atoms with Crippen molar-refractivity contribution in [3.05, 3.63) is 59.7 Å². The van der Waals surface area contributed by atoms with Crippen molar-refractivity contribution in [2.24, 2.45) is 0 Å². The van der Waals surface area contributed by atoms with Crippen molar-refractivity contribution >= 4 is 23.5 Å². The Hall–Kier alpha value is -3.15. The summed E-state index contributed by atoms with van der Waals surface area (Å²) in [6.45, 7) is 2.96. The summed E-state index contributed by atoms with van der Waals surface area (Å²) in [6, 6.07) is 14.9. The lowest BCUT2D eigenvalue weighted by Gasteiger charge is -2.41. The lowest BCUT2D eigenvalue weighted by molar-refractivity contribution is -0.134. The molecular formula is C24H26N2O4. The standard InChI is InChI=1S/C24H26N2O4/c1-2-23(28)30-20-10-7-18(8-11-20)24(29)25-15-13-19(14-16-25)26-21-6-4-3-5-17(21)9-12-22(26)27/h3-8,10-11,19H,2,9,12-16H2,1H3. The summed E-state index contributed by atoms with van der Waals surface area (Å²) in [4.78, 5) is 40.7. The maximum Gasteiger partial charge on any atom is 0.310 e. The van der Waals surface area contributed by atoms with Crippen LogP contribution in [0.2, 0.25) is 0 Å². The highest BCUT2D eigenvalue weighted by atomic mass is 16.5. The number of carbonyl (C=O) groups is 3. The monoisotopic (exact) mass is 406 g/mol. The molecule has 1 saturated heterocycles. The van der Waals surface area contributed by atoms with Gasteiger partial charge in [-0.15, -0.1) is 0 Å². The Morgan fingerprint density at radius 3 is 2.40 bits per heavy atom. The number of fused-ring (bicyclic) bond motifs is 1. The molecule has 2 amide bonds. The van der Waals surface area contributed by atoms with Crippen LogP contribution in [0.4, 0.5) is 5.69 Å². The molecule has 6 heteroatoms. The molecule has 0 bridgehead atoms. The number of anilines is 1. The van der Waals surface area contributed by atoms with Crippen LogP contribution in [0, 0.1) is 0 Å². The summed E-state index contributed by atoms with van der Waals surface area (Å²) in [5, 5.41) is 0. The fourth-order valence-corrected chi connectivity index (χ4v) is 4.23. The zero-order valence-corrected chi connectivity index (χ0v) is 17.2. The lowest BCUT2D eigenvalue weighted by Crippen LogP contribution is -2.50. The minimum atomic E-state index is -0.301. The van der Waals surface area contributed by atoms with E-state index in [1.165, 1.54) is 5.56 Å². The Morgan fingerprint density at radius 1 is 1.00 bits per heavy atom. The van der Waals surface area contributed by atoms with E-state index in [0.29, 0.717) is 37.2 Å². The molecule has 4 rings (SSSR count). The molecule has 0 N–H and O–H groups in total. The average molecular weight is 406 g/mol. The quantitative estimate of drug-likeness (QED) is 0.575. The van der Waals surface area contributed by atoms with Crippen LogP contribution in [0.1, 0.15) is 48.5 Å². The zero-order chi connectivity index (χ0) is 21.1. The van der Waals surface area contributed by atoms with E-state index in [0.717, 1.165) is 24.9 Å². The molecular weight excluding hydrogens is 380 g/mol. The second-order valence-corrected chi connectivity index (χ2v) is 7.77. The minimum Gasteiger partial charge on any atom is -0.427 e. The van der Waals surface area contributed by atoms with E-state index < -0.39 is 0 Å². The Bertz CT molecular complexity index is 946. The van der Waals surface area contributed by atoms with Gasteiger partial charge >= 0.3 is 5.97 Å². The van der Waals surface area contributed by atoms with Crippen molar-refractivity contribution in [2.75, 3.05) is 18.0 Å². The van der Waals surface area contributed by atoms with E-state index in [1.54, 1.807) is 31.2 Å². The molecule has 0 radical (unpaired) electrons. The number of carbonyl (C=O) groups excluding carboxylic acids is 3. The first-order valence-electron chi connectivity index (χ1n) is 10.6. The van der Waals surface area contributed by atoms with E-state index in [-0.39, 0.29) is 23.8 Å². The van der Waals surface area contributed by atoms with Crippen LogP contribution >= 0.6 is 0 Å². The summed E-state index contributed by atoms with van der Waals surface area (Å²) in [5.74, 6) is 0.284. The molecule has 2 aliphatic heterocycles. The lowest BCUT2D eigenvalue weighted by atomic mass is 9.95. The fraction of sp³-hybridized carbons (Fsp3) is 0.375. The molecule has 0 aromatic heterocycles. The van der Waals surface area contributed by atoms with Crippen molar-refractivity contribution in [2.45, 2.75) is 45.1 Å². The molecule has 0 atom stereocenters. The zero-order valence-electron chi connectivity index (χ0n) is 17.2. The third-order valence-electron chi connectivity index (χ3n) is 5.87. The van der Waals surface area contributed by atoms with E-state index in [9.17, 15) is 14.4 Å². The largest absolute Gasteiger partial charge is 0.427 e. The molecule has 2 heterocycles. The van der Waals surface area contributed by atoms with Gasteiger partial charge in [-0.3, -0.25) is 14.4 Å². The molecule has 30 heavy (non-hydrogen) atoms.